The molecule has 0 aromatic heterocycles. The van der Waals surface area contributed by atoms with Crippen molar-refractivity contribution in [1.29, 1.82) is 0 Å². The van der Waals surface area contributed by atoms with Gasteiger partial charge in [0.1, 0.15) is 4.90 Å². The number of hydrogen-bond acceptors (Lipinski definition) is 4. The van der Waals surface area contributed by atoms with E-state index >= 15 is 0 Å². The van der Waals surface area contributed by atoms with Gasteiger partial charge >= 0.3 is 0 Å². The van der Waals surface area contributed by atoms with Gasteiger partial charge in [0.2, 0.25) is 10.0 Å². The molecule has 0 aliphatic carbocycles. The summed E-state index contributed by atoms with van der Waals surface area (Å²) in [6, 6.07) is 4.93. The average molecular weight is 440 g/mol. The van der Waals surface area contributed by atoms with Gasteiger partial charge in [0, 0.05) is 30.1 Å². The number of hydrogen-bond donors (Lipinski definition) is 1. The summed E-state index contributed by atoms with van der Waals surface area (Å²) < 4.78 is 34.0. The summed E-state index contributed by atoms with van der Waals surface area (Å²) in [6.07, 6.45) is 0.927. The Bertz CT molecular complexity index is 649. The van der Waals surface area contributed by atoms with Gasteiger partial charge in [0.25, 0.3) is 0 Å². The SMILES string of the molecule is CC(C)C[C@@H](CNS(=O)(=O)c1ccc(Br)cc1Cl)N1CCOCC1. The summed E-state index contributed by atoms with van der Waals surface area (Å²) in [5.41, 5.74) is 0. The van der Waals surface area contributed by atoms with Gasteiger partial charge in [0.15, 0.2) is 0 Å². The second-order valence-electron chi connectivity index (χ2n) is 6.36. The molecule has 1 atom stereocenters. The summed E-state index contributed by atoms with van der Waals surface area (Å²) in [7, 11) is -3.64. The molecule has 1 aliphatic rings. The molecule has 1 saturated heterocycles. The van der Waals surface area contributed by atoms with Crippen LogP contribution in [0, 0.1) is 5.92 Å². The molecule has 0 saturated carbocycles. The summed E-state index contributed by atoms with van der Waals surface area (Å²) in [6.45, 7) is 7.71. The topological polar surface area (TPSA) is 58.6 Å². The number of nitrogens with zero attached hydrogens (tertiary/aromatic N) is 1. The van der Waals surface area contributed by atoms with Gasteiger partial charge in [-0.25, -0.2) is 13.1 Å². The van der Waals surface area contributed by atoms with E-state index < -0.39 is 10.0 Å². The molecule has 0 amide bonds. The summed E-state index contributed by atoms with van der Waals surface area (Å²) in [4.78, 5) is 2.41. The molecule has 0 radical (unpaired) electrons. The van der Waals surface area contributed by atoms with Crippen LogP contribution in [0.3, 0.4) is 0 Å². The van der Waals surface area contributed by atoms with Crippen LogP contribution in [-0.4, -0.2) is 52.2 Å². The van der Waals surface area contributed by atoms with Crippen molar-refractivity contribution in [3.05, 3.63) is 27.7 Å². The summed E-state index contributed by atoms with van der Waals surface area (Å²) in [5, 5.41) is 0.212. The van der Waals surface area contributed by atoms with Crippen LogP contribution < -0.4 is 4.72 Å². The monoisotopic (exact) mass is 438 g/mol. The minimum Gasteiger partial charge on any atom is -0.379 e. The highest BCUT2D eigenvalue weighted by atomic mass is 79.9. The number of nitrogens with one attached hydrogen (secondary N) is 1. The van der Waals surface area contributed by atoms with Crippen LogP contribution >= 0.6 is 27.5 Å². The molecule has 0 bridgehead atoms. The van der Waals surface area contributed by atoms with E-state index in [9.17, 15) is 8.42 Å². The Morgan fingerprint density at radius 1 is 1.33 bits per heavy atom. The van der Waals surface area contributed by atoms with Crippen molar-refractivity contribution < 1.29 is 13.2 Å². The second kappa shape index (κ2) is 8.96. The van der Waals surface area contributed by atoms with Crippen molar-refractivity contribution >= 4 is 37.6 Å². The first-order chi connectivity index (χ1) is 11.3. The van der Waals surface area contributed by atoms with Crippen molar-refractivity contribution in [2.24, 2.45) is 5.92 Å². The fraction of sp³-hybridized carbons (Fsp3) is 0.625. The number of halogens is 2. The van der Waals surface area contributed by atoms with Crippen LogP contribution in [0.2, 0.25) is 5.02 Å². The Labute approximate surface area is 157 Å². The summed E-state index contributed by atoms with van der Waals surface area (Å²) in [5.74, 6) is 0.485. The van der Waals surface area contributed by atoms with E-state index in [1.54, 1.807) is 12.1 Å². The molecule has 1 fully saturated rings. The fourth-order valence-electron chi connectivity index (χ4n) is 2.83. The molecule has 2 rings (SSSR count). The highest BCUT2D eigenvalue weighted by Crippen LogP contribution is 2.25. The van der Waals surface area contributed by atoms with E-state index in [2.05, 4.69) is 39.4 Å². The van der Waals surface area contributed by atoms with E-state index in [4.69, 9.17) is 16.3 Å². The van der Waals surface area contributed by atoms with Crippen LogP contribution in [0.1, 0.15) is 20.3 Å². The average Bonchev–Trinajstić information content (AvgIpc) is 2.51. The molecule has 1 heterocycles. The van der Waals surface area contributed by atoms with Gasteiger partial charge in [-0.3, -0.25) is 4.90 Å². The molecule has 8 heteroatoms. The number of ether oxygens (including phenoxy) is 1. The molecule has 1 aliphatic heterocycles. The highest BCUT2D eigenvalue weighted by molar-refractivity contribution is 9.10. The standard InChI is InChI=1S/C16H24BrClN2O3S/c1-12(2)9-14(20-5-7-23-8-6-20)11-19-24(21,22)16-4-3-13(17)10-15(16)18/h3-4,10,12,14,19H,5-9,11H2,1-2H3/t14-/m0/s1. The zero-order valence-electron chi connectivity index (χ0n) is 14.0. The zero-order valence-corrected chi connectivity index (χ0v) is 17.1. The zero-order chi connectivity index (χ0) is 17.7. The molecule has 1 aromatic rings. The Balaban J connectivity index is 2.08. The maximum Gasteiger partial charge on any atom is 0.242 e. The van der Waals surface area contributed by atoms with E-state index in [-0.39, 0.29) is 16.0 Å². The molecule has 24 heavy (non-hydrogen) atoms. The highest BCUT2D eigenvalue weighted by Gasteiger charge is 2.25. The Morgan fingerprint density at radius 2 is 2.00 bits per heavy atom. The van der Waals surface area contributed by atoms with Crippen LogP contribution in [0.25, 0.3) is 0 Å². The Morgan fingerprint density at radius 3 is 2.58 bits per heavy atom. The molecular weight excluding hydrogens is 416 g/mol. The minimum absolute atomic E-state index is 0.109. The first-order valence-corrected chi connectivity index (χ1v) is 10.7. The third-order valence-corrected chi connectivity index (χ3v) is 6.40. The van der Waals surface area contributed by atoms with Gasteiger partial charge in [-0.05, 0) is 30.5 Å². The first kappa shape index (κ1) is 20.1. The van der Waals surface area contributed by atoms with Crippen LogP contribution in [-0.2, 0) is 14.8 Å². The van der Waals surface area contributed by atoms with Gasteiger partial charge in [-0.2, -0.15) is 0 Å². The molecule has 1 N–H and O–H groups in total. The lowest BCUT2D eigenvalue weighted by Crippen LogP contribution is -2.49. The smallest absolute Gasteiger partial charge is 0.242 e. The first-order valence-electron chi connectivity index (χ1n) is 8.06. The molecule has 1 aromatic carbocycles. The largest absolute Gasteiger partial charge is 0.379 e. The Hall–Kier alpha value is -0.180. The number of morpholine rings is 1. The van der Waals surface area contributed by atoms with E-state index in [1.807, 2.05) is 0 Å². The number of rotatable bonds is 7. The summed E-state index contributed by atoms with van der Waals surface area (Å²) >= 11 is 9.37. The molecule has 5 nitrogen and oxygen atoms in total. The lowest BCUT2D eigenvalue weighted by Gasteiger charge is -2.35. The second-order valence-corrected chi connectivity index (χ2v) is 9.42. The van der Waals surface area contributed by atoms with E-state index in [0.717, 1.165) is 24.0 Å². The van der Waals surface area contributed by atoms with Crippen molar-refractivity contribution in [3.8, 4) is 0 Å². The van der Waals surface area contributed by atoms with Gasteiger partial charge < -0.3 is 4.74 Å². The van der Waals surface area contributed by atoms with Crippen LogP contribution in [0.4, 0.5) is 0 Å². The fourth-order valence-corrected chi connectivity index (χ4v) is 4.93. The number of sulfonamides is 1. The normalized spacial score (nSPS) is 18.0. The van der Waals surface area contributed by atoms with Gasteiger partial charge in [-0.1, -0.05) is 41.4 Å². The van der Waals surface area contributed by atoms with E-state index in [0.29, 0.717) is 25.7 Å². The van der Waals surface area contributed by atoms with Crippen LogP contribution in [0.15, 0.2) is 27.6 Å². The van der Waals surface area contributed by atoms with Crippen LogP contribution in [0.5, 0.6) is 0 Å². The maximum atomic E-state index is 12.6. The molecule has 0 unspecified atom stereocenters. The predicted molar refractivity (Wildman–Crippen MR) is 100.0 cm³/mol. The maximum absolute atomic E-state index is 12.6. The molecule has 0 spiro atoms. The third kappa shape index (κ3) is 5.68. The predicted octanol–water partition coefficient (Wildman–Crippen LogP) is 3.13. The van der Waals surface area contributed by atoms with Gasteiger partial charge in [0.05, 0.1) is 18.2 Å². The quantitative estimate of drug-likeness (QED) is 0.709. The third-order valence-electron chi connectivity index (χ3n) is 4.00. The number of benzene rings is 1. The molecule has 136 valence electrons. The van der Waals surface area contributed by atoms with Crippen molar-refractivity contribution in [2.75, 3.05) is 32.8 Å². The van der Waals surface area contributed by atoms with Gasteiger partial charge in [-0.15, -0.1) is 0 Å². The van der Waals surface area contributed by atoms with E-state index in [1.165, 1.54) is 6.07 Å². The van der Waals surface area contributed by atoms with Crippen molar-refractivity contribution in [2.45, 2.75) is 31.2 Å². The Kier molecular flexibility index (Phi) is 7.52. The van der Waals surface area contributed by atoms with Crippen molar-refractivity contribution in [1.82, 2.24) is 9.62 Å². The lowest BCUT2D eigenvalue weighted by atomic mass is 10.0. The van der Waals surface area contributed by atoms with Crippen molar-refractivity contribution in [3.63, 3.8) is 0 Å². The molecular formula is C16H24BrClN2O3S. The lowest BCUT2D eigenvalue weighted by molar-refractivity contribution is 0.0134. The minimum atomic E-state index is -3.64.